The van der Waals surface area contributed by atoms with Gasteiger partial charge in [-0.1, -0.05) is 41.0 Å². The second kappa shape index (κ2) is 4.93. The zero-order chi connectivity index (χ0) is 17.2. The number of hydrogen-bond donors (Lipinski definition) is 1. The van der Waals surface area contributed by atoms with Crippen molar-refractivity contribution in [3.8, 4) is 0 Å². The molecule has 3 nitrogen and oxygen atoms in total. The third-order valence-corrected chi connectivity index (χ3v) is 6.04. The molecule has 0 amide bonds. The molecular formula is C20H26O3. The fraction of sp³-hybridized carbons (Fsp3) is 0.600. The summed E-state index contributed by atoms with van der Waals surface area (Å²) in [7, 11) is 0. The molecule has 2 atom stereocenters. The number of hydrogen-bond acceptors (Lipinski definition) is 3. The van der Waals surface area contributed by atoms with Crippen molar-refractivity contribution >= 4 is 11.6 Å². The predicted octanol–water partition coefficient (Wildman–Crippen LogP) is 4.31. The molecule has 0 aliphatic heterocycles. The van der Waals surface area contributed by atoms with E-state index in [0.717, 1.165) is 30.4 Å². The van der Waals surface area contributed by atoms with E-state index in [1.165, 1.54) is 0 Å². The van der Waals surface area contributed by atoms with Gasteiger partial charge in [0, 0.05) is 16.9 Å². The number of ketones is 2. The summed E-state index contributed by atoms with van der Waals surface area (Å²) >= 11 is 0. The van der Waals surface area contributed by atoms with Gasteiger partial charge in [-0.15, -0.1) is 0 Å². The first-order chi connectivity index (χ1) is 10.6. The molecule has 23 heavy (non-hydrogen) atoms. The first-order valence-electron chi connectivity index (χ1n) is 8.55. The summed E-state index contributed by atoms with van der Waals surface area (Å²) in [4.78, 5) is 25.3. The van der Waals surface area contributed by atoms with Crippen molar-refractivity contribution in [3.05, 3.63) is 34.6 Å². The number of aliphatic hydroxyl groups excluding tert-OH is 1. The fourth-order valence-electron chi connectivity index (χ4n) is 5.17. The van der Waals surface area contributed by atoms with Gasteiger partial charge in [-0.2, -0.15) is 0 Å². The lowest BCUT2D eigenvalue weighted by molar-refractivity contribution is -0.130. The maximum atomic E-state index is 13.0. The zero-order valence-electron chi connectivity index (χ0n) is 14.7. The lowest BCUT2D eigenvalue weighted by atomic mass is 9.49. The van der Waals surface area contributed by atoms with Gasteiger partial charge in [0.25, 0.3) is 0 Å². The van der Waals surface area contributed by atoms with Gasteiger partial charge in [0.2, 0.25) is 5.78 Å². The van der Waals surface area contributed by atoms with Crippen molar-refractivity contribution in [2.75, 3.05) is 0 Å². The predicted molar refractivity (Wildman–Crippen MR) is 89.9 cm³/mol. The number of carbonyl (C=O) groups is 2. The van der Waals surface area contributed by atoms with Crippen LogP contribution >= 0.6 is 0 Å². The van der Waals surface area contributed by atoms with Crippen LogP contribution in [0, 0.1) is 22.7 Å². The molecule has 1 fully saturated rings. The van der Waals surface area contributed by atoms with Crippen LogP contribution in [0.5, 0.6) is 0 Å². The van der Waals surface area contributed by atoms with Crippen molar-refractivity contribution in [1.82, 2.24) is 0 Å². The molecule has 0 radical (unpaired) electrons. The Morgan fingerprint density at radius 2 is 1.78 bits per heavy atom. The van der Waals surface area contributed by atoms with Crippen molar-refractivity contribution < 1.29 is 14.7 Å². The Morgan fingerprint density at radius 3 is 2.39 bits per heavy atom. The standard InChI is InChI=1S/C20H26O3/c1-11(2)16-12-9-15(22)18-19(3,4)7-6-8-20(18,5)13(12)10-14(21)17(16)23/h9-11,18,23H,6-8H2,1-5H3/t18-,20-/m1/s1. The minimum atomic E-state index is -0.321. The first-order valence-corrected chi connectivity index (χ1v) is 8.55. The normalized spacial score (nSPS) is 33.2. The average molecular weight is 314 g/mol. The third kappa shape index (κ3) is 2.16. The van der Waals surface area contributed by atoms with Crippen molar-refractivity contribution in [2.45, 2.75) is 53.9 Å². The summed E-state index contributed by atoms with van der Waals surface area (Å²) in [5.41, 5.74) is 1.99. The molecule has 0 unspecified atom stereocenters. The van der Waals surface area contributed by atoms with Gasteiger partial charge >= 0.3 is 0 Å². The Bertz CT molecular complexity index is 688. The molecule has 0 aromatic rings. The van der Waals surface area contributed by atoms with Gasteiger partial charge in [0.15, 0.2) is 11.5 Å². The molecule has 0 aromatic heterocycles. The van der Waals surface area contributed by atoms with Gasteiger partial charge in [-0.3, -0.25) is 9.59 Å². The Labute approximate surface area is 138 Å². The Hall–Kier alpha value is -1.64. The van der Waals surface area contributed by atoms with E-state index >= 15 is 0 Å². The molecule has 3 aliphatic rings. The van der Waals surface area contributed by atoms with Crippen LogP contribution in [-0.2, 0) is 9.59 Å². The summed E-state index contributed by atoms with van der Waals surface area (Å²) < 4.78 is 0. The lowest BCUT2D eigenvalue weighted by Gasteiger charge is -2.54. The van der Waals surface area contributed by atoms with E-state index in [0.29, 0.717) is 5.57 Å². The average Bonchev–Trinajstić information content (AvgIpc) is 2.39. The monoisotopic (exact) mass is 314 g/mol. The molecule has 1 saturated carbocycles. The summed E-state index contributed by atoms with van der Waals surface area (Å²) in [5, 5.41) is 10.2. The summed E-state index contributed by atoms with van der Waals surface area (Å²) in [6.45, 7) is 10.4. The largest absolute Gasteiger partial charge is 0.504 e. The SMILES string of the molecule is CC(C)C1=C(O)C(=O)C=C2C1=CC(=O)[C@@H]1C(C)(C)CCC[C@]21C. The maximum absolute atomic E-state index is 13.0. The summed E-state index contributed by atoms with van der Waals surface area (Å²) in [6, 6.07) is 0. The topological polar surface area (TPSA) is 54.4 Å². The molecule has 0 aromatic carbocycles. The van der Waals surface area contributed by atoms with Gasteiger partial charge in [0.1, 0.15) is 0 Å². The van der Waals surface area contributed by atoms with Crippen LogP contribution in [0.3, 0.4) is 0 Å². The van der Waals surface area contributed by atoms with Crippen molar-refractivity contribution in [2.24, 2.45) is 22.7 Å². The Morgan fingerprint density at radius 1 is 1.13 bits per heavy atom. The molecule has 1 N–H and O–H groups in total. The number of allylic oxidation sites excluding steroid dienone is 5. The second-order valence-corrected chi connectivity index (χ2v) is 8.49. The number of rotatable bonds is 1. The van der Waals surface area contributed by atoms with Crippen LogP contribution in [0.15, 0.2) is 34.6 Å². The minimum Gasteiger partial charge on any atom is -0.504 e. The molecule has 0 saturated heterocycles. The first kappa shape index (κ1) is 16.2. The highest BCUT2D eigenvalue weighted by molar-refractivity contribution is 6.09. The lowest BCUT2D eigenvalue weighted by Crippen LogP contribution is -2.50. The van der Waals surface area contributed by atoms with Crippen LogP contribution in [0.1, 0.15) is 53.9 Å². The second-order valence-electron chi connectivity index (χ2n) is 8.49. The van der Waals surface area contributed by atoms with E-state index in [4.69, 9.17) is 0 Å². The maximum Gasteiger partial charge on any atom is 0.220 e. The zero-order valence-corrected chi connectivity index (χ0v) is 14.7. The van der Waals surface area contributed by atoms with Crippen LogP contribution in [0.25, 0.3) is 0 Å². The molecular weight excluding hydrogens is 288 g/mol. The molecule has 0 spiro atoms. The number of aliphatic hydroxyl groups is 1. The van der Waals surface area contributed by atoms with E-state index < -0.39 is 0 Å². The van der Waals surface area contributed by atoms with Crippen LogP contribution < -0.4 is 0 Å². The highest BCUT2D eigenvalue weighted by Crippen LogP contribution is 2.60. The molecule has 0 bridgehead atoms. The third-order valence-electron chi connectivity index (χ3n) is 6.04. The van der Waals surface area contributed by atoms with Crippen LogP contribution in [0.4, 0.5) is 0 Å². The van der Waals surface area contributed by atoms with Crippen molar-refractivity contribution in [3.63, 3.8) is 0 Å². The highest BCUT2D eigenvalue weighted by atomic mass is 16.3. The molecule has 124 valence electrons. The smallest absolute Gasteiger partial charge is 0.220 e. The summed E-state index contributed by atoms with van der Waals surface area (Å²) in [6.07, 6.45) is 6.26. The van der Waals surface area contributed by atoms with E-state index in [-0.39, 0.29) is 40.0 Å². The van der Waals surface area contributed by atoms with E-state index in [1.807, 2.05) is 13.8 Å². The van der Waals surface area contributed by atoms with Gasteiger partial charge < -0.3 is 5.11 Å². The summed E-state index contributed by atoms with van der Waals surface area (Å²) in [5.74, 6) is -0.471. The Kier molecular flexibility index (Phi) is 3.48. The molecule has 0 heterocycles. The van der Waals surface area contributed by atoms with E-state index in [9.17, 15) is 14.7 Å². The van der Waals surface area contributed by atoms with Crippen LogP contribution in [0.2, 0.25) is 0 Å². The molecule has 3 aliphatic carbocycles. The quantitative estimate of drug-likeness (QED) is 0.785. The van der Waals surface area contributed by atoms with Gasteiger partial charge in [-0.05, 0) is 47.5 Å². The molecule has 3 rings (SSSR count). The minimum absolute atomic E-state index is 0.00143. The van der Waals surface area contributed by atoms with Gasteiger partial charge in [-0.25, -0.2) is 0 Å². The van der Waals surface area contributed by atoms with E-state index in [1.54, 1.807) is 12.2 Å². The number of fused-ring (bicyclic) bond motifs is 3. The number of carbonyl (C=O) groups excluding carboxylic acids is 2. The van der Waals surface area contributed by atoms with Crippen LogP contribution in [-0.4, -0.2) is 16.7 Å². The van der Waals surface area contributed by atoms with E-state index in [2.05, 4.69) is 20.8 Å². The Balaban J connectivity index is 2.25. The fourth-order valence-corrected chi connectivity index (χ4v) is 5.17. The highest BCUT2D eigenvalue weighted by Gasteiger charge is 2.55. The van der Waals surface area contributed by atoms with Gasteiger partial charge in [0.05, 0.1) is 0 Å². The molecule has 3 heteroatoms. The van der Waals surface area contributed by atoms with Crippen molar-refractivity contribution in [1.29, 1.82) is 0 Å².